The normalized spacial score (nSPS) is 48.1. The quantitative estimate of drug-likeness (QED) is 0.622. The molecule has 0 aromatic rings. The Labute approximate surface area is 98.8 Å². The van der Waals surface area contributed by atoms with E-state index in [1.807, 2.05) is 0 Å². The van der Waals surface area contributed by atoms with Crippen LogP contribution in [0.1, 0.15) is 57.8 Å². The van der Waals surface area contributed by atoms with Gasteiger partial charge >= 0.3 is 0 Å². The van der Waals surface area contributed by atoms with E-state index in [0.29, 0.717) is 0 Å². The summed E-state index contributed by atoms with van der Waals surface area (Å²) in [5, 5.41) is 9.64. The number of hydrogen-bond donors (Lipinski definition) is 0. The van der Waals surface area contributed by atoms with E-state index in [4.69, 9.17) is 0 Å². The van der Waals surface area contributed by atoms with Gasteiger partial charge in [0.05, 0.1) is 19.1 Å². The maximum atomic E-state index is 9.64. The minimum Gasteiger partial charge on any atom is -0.304 e. The molecule has 0 aromatic carbocycles. The van der Waals surface area contributed by atoms with E-state index in [2.05, 4.69) is 13.1 Å². The van der Waals surface area contributed by atoms with Crippen LogP contribution in [0, 0.1) is 11.3 Å². The summed E-state index contributed by atoms with van der Waals surface area (Å²) in [5.41, 5.74) is 0.00662. The van der Waals surface area contributed by atoms with Crippen molar-refractivity contribution in [2.45, 2.75) is 75.4 Å². The van der Waals surface area contributed by atoms with Crippen LogP contribution < -0.4 is 0 Å². The molecule has 2 saturated heterocycles. The van der Waals surface area contributed by atoms with Gasteiger partial charge in [-0.1, -0.05) is 6.42 Å². The van der Waals surface area contributed by atoms with Gasteiger partial charge in [-0.3, -0.25) is 0 Å². The van der Waals surface area contributed by atoms with Gasteiger partial charge in [-0.15, -0.1) is 0 Å². The minimum absolute atomic E-state index is 0.00662. The van der Waals surface area contributed by atoms with Crippen LogP contribution in [0.4, 0.5) is 0 Å². The van der Waals surface area contributed by atoms with E-state index >= 15 is 0 Å². The van der Waals surface area contributed by atoms with Crippen molar-refractivity contribution in [3.8, 4) is 6.07 Å². The number of fused-ring (bicyclic) bond motifs is 2. The van der Waals surface area contributed by atoms with Gasteiger partial charge in [-0.2, -0.15) is 5.26 Å². The summed E-state index contributed by atoms with van der Waals surface area (Å²) in [5.74, 6) is 0. The highest BCUT2D eigenvalue weighted by Gasteiger charge is 2.65. The van der Waals surface area contributed by atoms with Crippen LogP contribution in [-0.2, 0) is 0 Å². The van der Waals surface area contributed by atoms with Gasteiger partial charge in [0.1, 0.15) is 6.07 Å². The third kappa shape index (κ3) is 1.10. The van der Waals surface area contributed by atoms with E-state index in [1.165, 1.54) is 57.8 Å². The van der Waals surface area contributed by atoms with Crippen LogP contribution in [0.3, 0.4) is 0 Å². The molecule has 2 heteroatoms. The highest BCUT2D eigenvalue weighted by Crippen LogP contribution is 2.54. The monoisotopic (exact) mass is 219 g/mol. The Morgan fingerprint density at radius 1 is 1.00 bits per heavy atom. The van der Waals surface area contributed by atoms with E-state index in [-0.39, 0.29) is 5.54 Å². The molecule has 2 heterocycles. The number of nitriles is 1. The Hall–Kier alpha value is -0.550. The molecule has 3 fully saturated rings. The first-order valence-electron chi connectivity index (χ1n) is 7.00. The number of quaternary nitrogens is 1. The third-order valence-corrected chi connectivity index (χ3v) is 6.00. The molecule has 0 spiro atoms. The lowest BCUT2D eigenvalue weighted by molar-refractivity contribution is -0.970. The Bertz CT molecular complexity index is 316. The fraction of sp³-hybridized carbons (Fsp3) is 0.929. The highest BCUT2D eigenvalue weighted by molar-refractivity contribution is 5.11. The van der Waals surface area contributed by atoms with Crippen molar-refractivity contribution in [3.63, 3.8) is 0 Å². The molecule has 1 atom stereocenters. The Morgan fingerprint density at radius 2 is 1.56 bits per heavy atom. The van der Waals surface area contributed by atoms with Crippen LogP contribution in [0.15, 0.2) is 0 Å². The zero-order valence-corrected chi connectivity index (χ0v) is 10.4. The molecule has 88 valence electrons. The lowest BCUT2D eigenvalue weighted by atomic mass is 9.86. The maximum absolute atomic E-state index is 9.64. The lowest BCUT2D eigenvalue weighted by Gasteiger charge is -2.47. The van der Waals surface area contributed by atoms with E-state index in [0.717, 1.165) is 16.6 Å². The minimum atomic E-state index is 0.00662. The van der Waals surface area contributed by atoms with Gasteiger partial charge in [-0.05, 0) is 25.7 Å². The van der Waals surface area contributed by atoms with Gasteiger partial charge in [0, 0.05) is 25.7 Å². The van der Waals surface area contributed by atoms with E-state index < -0.39 is 0 Å². The summed E-state index contributed by atoms with van der Waals surface area (Å²) in [6, 6.07) is 4.33. The summed E-state index contributed by atoms with van der Waals surface area (Å²) in [6.07, 6.45) is 11.9. The second-order valence-corrected chi connectivity index (χ2v) is 6.31. The Kier molecular flexibility index (Phi) is 2.30. The molecule has 1 aliphatic carbocycles. The van der Waals surface area contributed by atoms with Crippen molar-refractivity contribution >= 4 is 0 Å². The zero-order valence-electron chi connectivity index (χ0n) is 10.4. The number of nitrogens with zero attached hydrogens (tertiary/aromatic N) is 2. The van der Waals surface area contributed by atoms with Crippen LogP contribution in [0.2, 0.25) is 0 Å². The van der Waals surface area contributed by atoms with Crippen LogP contribution in [0.25, 0.3) is 0 Å². The number of hydrogen-bond acceptors (Lipinski definition) is 1. The van der Waals surface area contributed by atoms with E-state index in [1.54, 1.807) is 0 Å². The average molecular weight is 219 g/mol. The molecule has 0 radical (unpaired) electrons. The van der Waals surface area contributed by atoms with Crippen LogP contribution >= 0.6 is 0 Å². The van der Waals surface area contributed by atoms with Crippen LogP contribution in [0.5, 0.6) is 0 Å². The molecular weight excluding hydrogens is 196 g/mol. The zero-order chi connectivity index (χ0) is 11.2. The second kappa shape index (κ2) is 3.47. The van der Waals surface area contributed by atoms with Crippen molar-refractivity contribution in [1.29, 1.82) is 5.26 Å². The molecule has 2 bridgehead atoms. The van der Waals surface area contributed by atoms with Crippen molar-refractivity contribution in [2.24, 2.45) is 0 Å². The first-order valence-corrected chi connectivity index (χ1v) is 7.00. The number of rotatable bonds is 1. The fourth-order valence-corrected chi connectivity index (χ4v) is 4.93. The molecule has 3 aliphatic rings. The summed E-state index contributed by atoms with van der Waals surface area (Å²) in [7, 11) is 2.41. The molecule has 0 N–H and O–H groups in total. The summed E-state index contributed by atoms with van der Waals surface area (Å²) in [4.78, 5) is 0. The molecular formula is C14H23N2+. The molecule has 2 aliphatic heterocycles. The van der Waals surface area contributed by atoms with Gasteiger partial charge in [0.2, 0.25) is 0 Å². The summed E-state index contributed by atoms with van der Waals surface area (Å²) >= 11 is 0. The van der Waals surface area contributed by atoms with Crippen LogP contribution in [-0.4, -0.2) is 29.2 Å². The smallest absolute Gasteiger partial charge is 0.186 e. The Balaban J connectivity index is 1.94. The Morgan fingerprint density at radius 3 is 2.12 bits per heavy atom. The lowest BCUT2D eigenvalue weighted by Crippen LogP contribution is -2.62. The first-order chi connectivity index (χ1) is 7.73. The molecule has 0 amide bonds. The molecule has 3 rings (SSSR count). The standard InChI is InChI=1S/C14H23N2/c1-16(12-5-3-2-4-6-12)13-7-9-14(16,11-15)10-8-13/h12-13H,2-10H2,1H3/q+1. The summed E-state index contributed by atoms with van der Waals surface area (Å²) in [6.45, 7) is 0. The predicted octanol–water partition coefficient (Wildman–Crippen LogP) is 2.98. The van der Waals surface area contributed by atoms with Gasteiger partial charge in [0.25, 0.3) is 0 Å². The average Bonchev–Trinajstić information content (AvgIpc) is 2.81. The fourth-order valence-electron chi connectivity index (χ4n) is 4.93. The molecule has 16 heavy (non-hydrogen) atoms. The molecule has 1 unspecified atom stereocenters. The van der Waals surface area contributed by atoms with Crippen molar-refractivity contribution in [3.05, 3.63) is 0 Å². The largest absolute Gasteiger partial charge is 0.304 e. The maximum Gasteiger partial charge on any atom is 0.186 e. The molecule has 1 saturated carbocycles. The van der Waals surface area contributed by atoms with Crippen molar-refractivity contribution in [2.75, 3.05) is 7.05 Å². The highest BCUT2D eigenvalue weighted by atomic mass is 15.5. The van der Waals surface area contributed by atoms with Crippen molar-refractivity contribution in [1.82, 2.24) is 0 Å². The summed E-state index contributed by atoms with van der Waals surface area (Å²) < 4.78 is 1.13. The van der Waals surface area contributed by atoms with Gasteiger partial charge < -0.3 is 4.48 Å². The molecule has 0 aromatic heterocycles. The first kappa shape index (κ1) is 10.6. The molecule has 2 nitrogen and oxygen atoms in total. The SMILES string of the molecule is C[N+]1(C2CCCCC2)C2CCC1(C#N)CC2. The topological polar surface area (TPSA) is 23.8 Å². The second-order valence-electron chi connectivity index (χ2n) is 6.31. The van der Waals surface area contributed by atoms with Crippen molar-refractivity contribution < 1.29 is 4.48 Å². The predicted molar refractivity (Wildman–Crippen MR) is 63.7 cm³/mol. The van der Waals surface area contributed by atoms with Gasteiger partial charge in [-0.25, -0.2) is 0 Å². The van der Waals surface area contributed by atoms with Gasteiger partial charge in [0.15, 0.2) is 5.54 Å². The van der Waals surface area contributed by atoms with E-state index in [9.17, 15) is 5.26 Å². The third-order valence-electron chi connectivity index (χ3n) is 6.00.